The maximum absolute atomic E-state index is 12.0. The van der Waals surface area contributed by atoms with E-state index in [-0.39, 0.29) is 10.5 Å². The molecule has 112 valence electrons. The Morgan fingerprint density at radius 3 is 2.76 bits per heavy atom. The van der Waals surface area contributed by atoms with Crippen molar-refractivity contribution >= 4 is 31.9 Å². The molecular weight excluding hydrogens is 362 g/mol. The Bertz CT molecular complexity index is 759. The maximum Gasteiger partial charge on any atom is 0.267 e. The molecule has 0 atom stereocenters. The normalized spacial score (nSPS) is 11.3. The highest BCUT2D eigenvalue weighted by molar-refractivity contribution is 9.10. The van der Waals surface area contributed by atoms with Crippen LogP contribution in [-0.4, -0.2) is 29.1 Å². The van der Waals surface area contributed by atoms with Gasteiger partial charge in [-0.2, -0.15) is 5.10 Å². The topological polar surface area (TPSA) is 106 Å². The molecule has 0 bridgehead atoms. The molecule has 2 aromatic rings. The van der Waals surface area contributed by atoms with E-state index in [9.17, 15) is 13.2 Å². The monoisotopic (exact) mass is 373 g/mol. The highest BCUT2D eigenvalue weighted by Gasteiger charge is 2.17. The lowest BCUT2D eigenvalue weighted by molar-refractivity contribution is 0.0944. The van der Waals surface area contributed by atoms with Crippen LogP contribution in [0.15, 0.2) is 40.2 Å². The Kier molecular flexibility index (Phi) is 4.70. The molecule has 2 N–H and O–H groups in total. The molecule has 2 rings (SSSR count). The lowest BCUT2D eigenvalue weighted by atomic mass is 10.3. The molecule has 0 aliphatic carbocycles. The molecule has 0 unspecified atom stereocenters. The molecule has 0 aromatic carbocycles. The molecule has 0 spiro atoms. The van der Waals surface area contributed by atoms with E-state index in [1.807, 2.05) is 11.8 Å². The fourth-order valence-corrected chi connectivity index (χ4v) is 2.59. The minimum Gasteiger partial charge on any atom is -0.273 e. The number of hydrogen-bond acceptors (Lipinski definition) is 5. The van der Waals surface area contributed by atoms with Crippen molar-refractivity contribution in [3.8, 4) is 0 Å². The highest BCUT2D eigenvalue weighted by Crippen LogP contribution is 2.09. The Morgan fingerprint density at radius 1 is 1.38 bits per heavy atom. The Hall–Kier alpha value is -1.78. The Balaban J connectivity index is 2.06. The fourth-order valence-electron chi connectivity index (χ4n) is 1.44. The first-order valence-electron chi connectivity index (χ1n) is 5.87. The van der Waals surface area contributed by atoms with Gasteiger partial charge in [0.1, 0.15) is 4.90 Å². The average Bonchev–Trinajstić information content (AvgIpc) is 2.94. The zero-order valence-electron chi connectivity index (χ0n) is 10.9. The smallest absolute Gasteiger partial charge is 0.267 e. The first kappa shape index (κ1) is 15.6. The second-order valence-corrected chi connectivity index (χ2v) is 6.58. The number of carbonyl (C=O) groups is 1. The van der Waals surface area contributed by atoms with Crippen molar-refractivity contribution in [3.63, 3.8) is 0 Å². The molecular formula is C11H12BrN5O3S. The minimum atomic E-state index is -3.86. The molecule has 1 amide bonds. The SMILES string of the molecule is CCn1cc(S(=O)(=O)NNC(=O)c2cncc(Br)c2)cn1. The van der Waals surface area contributed by atoms with Gasteiger partial charge in [-0.15, -0.1) is 4.83 Å². The highest BCUT2D eigenvalue weighted by atomic mass is 79.9. The summed E-state index contributed by atoms with van der Waals surface area (Å²) in [5, 5.41) is 3.87. The fraction of sp³-hybridized carbons (Fsp3) is 0.182. The summed E-state index contributed by atoms with van der Waals surface area (Å²) >= 11 is 3.18. The van der Waals surface area contributed by atoms with Gasteiger partial charge in [0.25, 0.3) is 15.9 Å². The van der Waals surface area contributed by atoms with Crippen LogP contribution >= 0.6 is 15.9 Å². The van der Waals surface area contributed by atoms with Gasteiger partial charge in [0.15, 0.2) is 0 Å². The molecule has 0 saturated heterocycles. The van der Waals surface area contributed by atoms with Gasteiger partial charge in [-0.1, -0.05) is 0 Å². The predicted molar refractivity (Wildman–Crippen MR) is 77.6 cm³/mol. The number of sulfonamides is 1. The van der Waals surface area contributed by atoms with Crippen LogP contribution in [0.3, 0.4) is 0 Å². The number of hydrazine groups is 1. The summed E-state index contributed by atoms with van der Waals surface area (Å²) in [5.41, 5.74) is 2.34. The quantitative estimate of drug-likeness (QED) is 0.749. The first-order chi connectivity index (χ1) is 9.92. The second-order valence-electron chi connectivity index (χ2n) is 3.98. The number of pyridine rings is 1. The molecule has 8 nitrogen and oxygen atoms in total. The van der Waals surface area contributed by atoms with E-state index in [0.29, 0.717) is 11.0 Å². The summed E-state index contributed by atoms with van der Waals surface area (Å²) < 4.78 is 26.0. The number of nitrogens with one attached hydrogen (secondary N) is 2. The summed E-state index contributed by atoms with van der Waals surface area (Å²) in [4.78, 5) is 17.6. The second kappa shape index (κ2) is 6.33. The zero-order chi connectivity index (χ0) is 15.5. The maximum atomic E-state index is 12.0. The van der Waals surface area contributed by atoms with Crippen LogP contribution in [0, 0.1) is 0 Å². The van der Waals surface area contributed by atoms with E-state index in [1.54, 1.807) is 0 Å². The van der Waals surface area contributed by atoms with Crippen LogP contribution < -0.4 is 10.3 Å². The van der Waals surface area contributed by atoms with Gasteiger partial charge < -0.3 is 0 Å². The molecule has 0 radical (unpaired) electrons. The van der Waals surface area contributed by atoms with Crippen molar-refractivity contribution in [3.05, 3.63) is 40.9 Å². The number of carbonyl (C=O) groups excluding carboxylic acids is 1. The van der Waals surface area contributed by atoms with Gasteiger partial charge in [0, 0.05) is 29.6 Å². The summed E-state index contributed by atoms with van der Waals surface area (Å²) in [5.74, 6) is -0.616. The molecule has 10 heteroatoms. The number of nitrogens with zero attached hydrogens (tertiary/aromatic N) is 3. The number of halogens is 1. The standard InChI is InChI=1S/C11H12BrN5O3S/c1-2-17-7-10(6-14-17)21(19,20)16-15-11(18)8-3-9(12)5-13-4-8/h3-7,16H,2H2,1H3,(H,15,18). The van der Waals surface area contributed by atoms with Crippen LogP contribution in [0.5, 0.6) is 0 Å². The number of rotatable bonds is 5. The molecule has 21 heavy (non-hydrogen) atoms. The van der Waals surface area contributed by atoms with Crippen molar-refractivity contribution in [2.24, 2.45) is 0 Å². The number of hydrogen-bond donors (Lipinski definition) is 2. The third-order valence-corrected chi connectivity index (χ3v) is 4.15. The number of aryl methyl sites for hydroxylation is 1. The van der Waals surface area contributed by atoms with E-state index in [0.717, 1.165) is 0 Å². The summed E-state index contributed by atoms with van der Waals surface area (Å²) in [6.45, 7) is 2.38. The first-order valence-corrected chi connectivity index (χ1v) is 8.15. The van der Waals surface area contributed by atoms with Crippen LogP contribution in [0.4, 0.5) is 0 Å². The molecule has 0 fully saturated rings. The molecule has 0 aliphatic rings. The number of amides is 1. The predicted octanol–water partition coefficient (Wildman–Crippen LogP) is 0.684. The van der Waals surface area contributed by atoms with E-state index >= 15 is 0 Å². The molecule has 2 heterocycles. The van der Waals surface area contributed by atoms with Gasteiger partial charge in [-0.05, 0) is 28.9 Å². The zero-order valence-corrected chi connectivity index (χ0v) is 13.3. The van der Waals surface area contributed by atoms with Crippen molar-refractivity contribution < 1.29 is 13.2 Å². The summed E-state index contributed by atoms with van der Waals surface area (Å²) in [6, 6.07) is 1.52. The van der Waals surface area contributed by atoms with Crippen LogP contribution in [-0.2, 0) is 16.6 Å². The lowest BCUT2D eigenvalue weighted by Gasteiger charge is -2.06. The molecule has 0 aliphatic heterocycles. The van der Waals surface area contributed by atoms with Gasteiger partial charge in [-0.3, -0.25) is 19.9 Å². The summed E-state index contributed by atoms with van der Waals surface area (Å²) in [6.07, 6.45) is 5.41. The molecule has 2 aromatic heterocycles. The van der Waals surface area contributed by atoms with Gasteiger partial charge >= 0.3 is 0 Å². The van der Waals surface area contributed by atoms with Gasteiger partial charge in [0.05, 0.1) is 11.8 Å². The third-order valence-electron chi connectivity index (χ3n) is 2.51. The van der Waals surface area contributed by atoms with E-state index in [1.165, 1.54) is 35.5 Å². The lowest BCUT2D eigenvalue weighted by Crippen LogP contribution is -2.41. The molecule has 0 saturated carbocycles. The van der Waals surface area contributed by atoms with Gasteiger partial charge in [0.2, 0.25) is 0 Å². The van der Waals surface area contributed by atoms with Crippen LogP contribution in [0.1, 0.15) is 17.3 Å². The number of aromatic nitrogens is 3. The van der Waals surface area contributed by atoms with Crippen molar-refractivity contribution in [2.75, 3.05) is 0 Å². The third kappa shape index (κ3) is 3.86. The van der Waals surface area contributed by atoms with E-state index in [2.05, 4.69) is 31.4 Å². The van der Waals surface area contributed by atoms with Crippen molar-refractivity contribution in [1.82, 2.24) is 25.0 Å². The average molecular weight is 374 g/mol. The Morgan fingerprint density at radius 2 is 2.14 bits per heavy atom. The van der Waals surface area contributed by atoms with Crippen molar-refractivity contribution in [1.29, 1.82) is 0 Å². The van der Waals surface area contributed by atoms with E-state index in [4.69, 9.17) is 0 Å². The van der Waals surface area contributed by atoms with Crippen LogP contribution in [0.2, 0.25) is 0 Å². The van der Waals surface area contributed by atoms with E-state index < -0.39 is 15.9 Å². The minimum absolute atomic E-state index is 0.0305. The van der Waals surface area contributed by atoms with Crippen molar-refractivity contribution in [2.45, 2.75) is 18.4 Å². The largest absolute Gasteiger partial charge is 0.273 e. The Labute approximate surface area is 129 Å². The summed E-state index contributed by atoms with van der Waals surface area (Å²) in [7, 11) is -3.86. The van der Waals surface area contributed by atoms with Crippen LogP contribution in [0.25, 0.3) is 0 Å². The van der Waals surface area contributed by atoms with Gasteiger partial charge in [-0.25, -0.2) is 8.42 Å².